The fourth-order valence-corrected chi connectivity index (χ4v) is 4.56. The molecule has 0 saturated carbocycles. The summed E-state index contributed by atoms with van der Waals surface area (Å²) in [6.07, 6.45) is 1.14. The summed E-state index contributed by atoms with van der Waals surface area (Å²) in [5, 5.41) is 0. The summed E-state index contributed by atoms with van der Waals surface area (Å²) in [5.74, 6) is 0. The molecule has 2 heteroatoms. The van der Waals surface area contributed by atoms with E-state index >= 15 is 0 Å². The van der Waals surface area contributed by atoms with E-state index in [1.165, 1.54) is 44.8 Å². The Hall–Kier alpha value is -2.74. The standard InChI is InChI=1S/C30H40N2/c1-8-17-31(29-15-9-23(4)18-25(29)6)20-27-11-13-28(14-12-27)21-32(22(2)3)30-16-10-24(5)19-26(30)7/h9-16,18-19,22H,8,17,20-21H2,1-7H3. The van der Waals surface area contributed by atoms with Crippen molar-refractivity contribution in [2.75, 3.05) is 16.3 Å². The lowest BCUT2D eigenvalue weighted by atomic mass is 10.1. The molecule has 0 aliphatic carbocycles. The van der Waals surface area contributed by atoms with Crippen molar-refractivity contribution >= 4 is 11.4 Å². The lowest BCUT2D eigenvalue weighted by Crippen LogP contribution is -2.30. The van der Waals surface area contributed by atoms with E-state index in [1.54, 1.807) is 0 Å². The fourth-order valence-electron chi connectivity index (χ4n) is 4.56. The maximum Gasteiger partial charge on any atom is 0.0432 e. The Morgan fingerprint density at radius 3 is 1.62 bits per heavy atom. The summed E-state index contributed by atoms with van der Waals surface area (Å²) < 4.78 is 0. The minimum atomic E-state index is 0.445. The second-order valence-corrected chi connectivity index (χ2v) is 9.54. The molecule has 3 aromatic carbocycles. The van der Waals surface area contributed by atoms with Crippen LogP contribution in [0.4, 0.5) is 11.4 Å². The first kappa shape index (κ1) is 23.9. The van der Waals surface area contributed by atoms with Crippen LogP contribution in [0.5, 0.6) is 0 Å². The molecule has 0 atom stereocenters. The van der Waals surface area contributed by atoms with Crippen molar-refractivity contribution in [2.24, 2.45) is 0 Å². The molecule has 3 rings (SSSR count). The van der Waals surface area contributed by atoms with Gasteiger partial charge in [-0.25, -0.2) is 0 Å². The maximum atomic E-state index is 2.51. The summed E-state index contributed by atoms with van der Waals surface area (Å²) in [4.78, 5) is 5.02. The predicted octanol–water partition coefficient (Wildman–Crippen LogP) is 7.75. The molecule has 0 fully saturated rings. The van der Waals surface area contributed by atoms with Crippen molar-refractivity contribution in [2.45, 2.75) is 74.0 Å². The highest BCUT2D eigenvalue weighted by Crippen LogP contribution is 2.26. The molecular weight excluding hydrogens is 388 g/mol. The number of hydrogen-bond donors (Lipinski definition) is 0. The minimum absolute atomic E-state index is 0.445. The summed E-state index contributed by atoms with van der Waals surface area (Å²) in [7, 11) is 0. The number of nitrogens with zero attached hydrogens (tertiary/aromatic N) is 2. The van der Waals surface area contributed by atoms with Crippen molar-refractivity contribution in [3.05, 3.63) is 94.0 Å². The van der Waals surface area contributed by atoms with E-state index in [2.05, 4.69) is 119 Å². The number of aryl methyl sites for hydroxylation is 4. The van der Waals surface area contributed by atoms with Gasteiger partial charge in [-0.1, -0.05) is 66.6 Å². The minimum Gasteiger partial charge on any atom is -0.367 e. The van der Waals surface area contributed by atoms with E-state index in [0.29, 0.717) is 6.04 Å². The first-order chi connectivity index (χ1) is 15.3. The molecule has 0 radical (unpaired) electrons. The zero-order valence-electron chi connectivity index (χ0n) is 21.1. The molecule has 0 unspecified atom stereocenters. The molecule has 0 aromatic heterocycles. The molecular formula is C30H40N2. The summed E-state index contributed by atoms with van der Waals surface area (Å²) >= 11 is 0. The van der Waals surface area contributed by atoms with Gasteiger partial charge >= 0.3 is 0 Å². The molecule has 0 aliphatic rings. The summed E-state index contributed by atoms with van der Waals surface area (Å²) in [5.41, 5.74) is 10.8. The number of anilines is 2. The number of hydrogen-bond acceptors (Lipinski definition) is 2. The molecule has 3 aromatic rings. The van der Waals surface area contributed by atoms with Gasteiger partial charge in [-0.3, -0.25) is 0 Å². The van der Waals surface area contributed by atoms with Crippen LogP contribution in [-0.2, 0) is 13.1 Å². The van der Waals surface area contributed by atoms with Crippen LogP contribution in [0.2, 0.25) is 0 Å². The van der Waals surface area contributed by atoms with Gasteiger partial charge < -0.3 is 9.80 Å². The van der Waals surface area contributed by atoms with Crippen LogP contribution in [0.25, 0.3) is 0 Å². The van der Waals surface area contributed by atoms with Crippen LogP contribution < -0.4 is 9.80 Å². The zero-order chi connectivity index (χ0) is 23.3. The van der Waals surface area contributed by atoms with Crippen molar-refractivity contribution < 1.29 is 0 Å². The first-order valence-electron chi connectivity index (χ1n) is 12.0. The molecule has 0 aliphatic heterocycles. The van der Waals surface area contributed by atoms with Gasteiger partial charge in [0.05, 0.1) is 0 Å². The molecule has 32 heavy (non-hydrogen) atoms. The molecule has 170 valence electrons. The van der Waals surface area contributed by atoms with E-state index < -0.39 is 0 Å². The quantitative estimate of drug-likeness (QED) is 0.344. The van der Waals surface area contributed by atoms with Crippen LogP contribution in [0.3, 0.4) is 0 Å². The first-order valence-corrected chi connectivity index (χ1v) is 12.0. The van der Waals surface area contributed by atoms with Crippen LogP contribution in [0.15, 0.2) is 60.7 Å². The van der Waals surface area contributed by atoms with Crippen LogP contribution in [0, 0.1) is 27.7 Å². The molecule has 0 N–H and O–H groups in total. The lowest BCUT2D eigenvalue weighted by Gasteiger charge is -2.31. The van der Waals surface area contributed by atoms with Gasteiger partial charge in [0.15, 0.2) is 0 Å². The fraction of sp³-hybridized carbons (Fsp3) is 0.400. The van der Waals surface area contributed by atoms with Crippen LogP contribution >= 0.6 is 0 Å². The summed E-state index contributed by atoms with van der Waals surface area (Å²) in [6, 6.07) is 23.2. The van der Waals surface area contributed by atoms with Gasteiger partial charge in [0.2, 0.25) is 0 Å². The largest absolute Gasteiger partial charge is 0.367 e. The molecule has 0 amide bonds. The van der Waals surface area contributed by atoms with Crippen LogP contribution in [-0.4, -0.2) is 12.6 Å². The van der Waals surface area contributed by atoms with E-state index in [4.69, 9.17) is 0 Å². The third-order valence-corrected chi connectivity index (χ3v) is 6.22. The van der Waals surface area contributed by atoms with Crippen molar-refractivity contribution in [3.8, 4) is 0 Å². The lowest BCUT2D eigenvalue weighted by molar-refractivity contribution is 0.680. The topological polar surface area (TPSA) is 6.48 Å². The van der Waals surface area contributed by atoms with E-state index in [0.717, 1.165) is 26.1 Å². The number of benzene rings is 3. The smallest absolute Gasteiger partial charge is 0.0432 e. The zero-order valence-corrected chi connectivity index (χ0v) is 21.1. The number of rotatable bonds is 9. The van der Waals surface area contributed by atoms with Gasteiger partial charge in [0.1, 0.15) is 0 Å². The van der Waals surface area contributed by atoms with E-state index in [9.17, 15) is 0 Å². The Labute approximate surface area is 195 Å². The monoisotopic (exact) mass is 428 g/mol. The van der Waals surface area contributed by atoms with Crippen LogP contribution in [0.1, 0.15) is 60.6 Å². The third-order valence-electron chi connectivity index (χ3n) is 6.22. The molecule has 0 heterocycles. The van der Waals surface area contributed by atoms with E-state index in [1.807, 2.05) is 0 Å². The molecule has 2 nitrogen and oxygen atoms in total. The highest BCUT2D eigenvalue weighted by atomic mass is 15.2. The average Bonchev–Trinajstić information content (AvgIpc) is 2.73. The van der Waals surface area contributed by atoms with E-state index in [-0.39, 0.29) is 0 Å². The molecule has 0 saturated heterocycles. The predicted molar refractivity (Wildman–Crippen MR) is 141 cm³/mol. The Balaban J connectivity index is 1.76. The van der Waals surface area contributed by atoms with Crippen molar-refractivity contribution in [1.82, 2.24) is 0 Å². The van der Waals surface area contributed by atoms with Gasteiger partial charge in [0, 0.05) is 37.1 Å². The highest BCUT2D eigenvalue weighted by molar-refractivity contribution is 5.56. The Morgan fingerprint density at radius 2 is 1.16 bits per heavy atom. The Bertz CT molecular complexity index is 1020. The SMILES string of the molecule is CCCN(Cc1ccc(CN(c2ccc(C)cc2C)C(C)C)cc1)c1ccc(C)cc1C. The Morgan fingerprint density at radius 1 is 0.656 bits per heavy atom. The highest BCUT2D eigenvalue weighted by Gasteiger charge is 2.14. The van der Waals surface area contributed by atoms with Crippen molar-refractivity contribution in [3.63, 3.8) is 0 Å². The second kappa shape index (κ2) is 10.7. The van der Waals surface area contributed by atoms with Gasteiger partial charge in [0.25, 0.3) is 0 Å². The van der Waals surface area contributed by atoms with Gasteiger partial charge in [-0.05, 0) is 82.3 Å². The second-order valence-electron chi connectivity index (χ2n) is 9.54. The normalized spacial score (nSPS) is 11.1. The summed E-state index contributed by atoms with van der Waals surface area (Å²) in [6.45, 7) is 18.5. The average molecular weight is 429 g/mol. The van der Waals surface area contributed by atoms with Gasteiger partial charge in [-0.2, -0.15) is 0 Å². The molecule has 0 bridgehead atoms. The third kappa shape index (κ3) is 5.94. The maximum absolute atomic E-state index is 2.51. The van der Waals surface area contributed by atoms with Crippen molar-refractivity contribution in [1.29, 1.82) is 0 Å². The van der Waals surface area contributed by atoms with Gasteiger partial charge in [-0.15, -0.1) is 0 Å². The molecule has 0 spiro atoms. The Kier molecular flexibility index (Phi) is 8.01.